The summed E-state index contributed by atoms with van der Waals surface area (Å²) < 4.78 is 2.25. The lowest BCUT2D eigenvalue weighted by Crippen LogP contribution is -2.29. The van der Waals surface area contributed by atoms with Gasteiger partial charge in [-0.2, -0.15) is 0 Å². The van der Waals surface area contributed by atoms with Crippen LogP contribution in [-0.4, -0.2) is 38.9 Å². The summed E-state index contributed by atoms with van der Waals surface area (Å²) in [5.74, 6) is 0.992. The molecule has 0 spiro atoms. The van der Waals surface area contributed by atoms with Crippen LogP contribution in [-0.2, 0) is 22.6 Å². The van der Waals surface area contributed by atoms with Gasteiger partial charge < -0.3 is 14.8 Å². The molecule has 2 fully saturated rings. The third kappa shape index (κ3) is 3.24. The summed E-state index contributed by atoms with van der Waals surface area (Å²) in [5, 5.41) is 2.97. The summed E-state index contributed by atoms with van der Waals surface area (Å²) in [7, 11) is 0. The highest BCUT2D eigenvalue weighted by molar-refractivity contribution is 5.97. The molecule has 1 aromatic carbocycles. The Bertz CT molecular complexity index is 859. The lowest BCUT2D eigenvalue weighted by Gasteiger charge is -2.15. The monoisotopic (exact) mass is 364 g/mol. The number of hydrogen-bond donors (Lipinski definition) is 1. The van der Waals surface area contributed by atoms with Gasteiger partial charge in [0, 0.05) is 49.4 Å². The van der Waals surface area contributed by atoms with Crippen molar-refractivity contribution >= 4 is 17.5 Å². The van der Waals surface area contributed by atoms with E-state index in [1.54, 1.807) is 0 Å². The molecule has 1 N–H and O–H groups in total. The van der Waals surface area contributed by atoms with Gasteiger partial charge in [-0.1, -0.05) is 12.1 Å². The second-order valence-electron chi connectivity index (χ2n) is 7.94. The van der Waals surface area contributed by atoms with E-state index < -0.39 is 0 Å². The Balaban J connectivity index is 1.24. The maximum Gasteiger partial charge on any atom is 0.229 e. The number of nitrogens with zero attached hydrogens (tertiary/aromatic N) is 3. The van der Waals surface area contributed by atoms with Crippen LogP contribution in [0, 0.1) is 5.92 Å². The molecule has 27 heavy (non-hydrogen) atoms. The fourth-order valence-corrected chi connectivity index (χ4v) is 4.17. The Morgan fingerprint density at radius 2 is 1.96 bits per heavy atom. The summed E-state index contributed by atoms with van der Waals surface area (Å²) in [6, 6.07) is 8.22. The van der Waals surface area contributed by atoms with Crippen molar-refractivity contribution in [1.29, 1.82) is 0 Å². The van der Waals surface area contributed by atoms with Crippen LogP contribution >= 0.6 is 0 Å². The van der Waals surface area contributed by atoms with Gasteiger partial charge in [0.1, 0.15) is 5.82 Å². The van der Waals surface area contributed by atoms with Gasteiger partial charge in [-0.25, -0.2) is 4.98 Å². The largest absolute Gasteiger partial charge is 0.339 e. The van der Waals surface area contributed by atoms with E-state index in [4.69, 9.17) is 4.98 Å². The Labute approximate surface area is 158 Å². The number of fused-ring (bicyclic) bond motifs is 1. The molecule has 0 unspecified atom stereocenters. The lowest BCUT2D eigenvalue weighted by atomic mass is 10.1. The number of likely N-dealkylation sites (tertiary alicyclic amines) is 1. The first-order valence-corrected chi connectivity index (χ1v) is 9.94. The third-order valence-corrected chi connectivity index (χ3v) is 5.87. The first-order valence-electron chi connectivity index (χ1n) is 9.94. The van der Waals surface area contributed by atoms with Crippen molar-refractivity contribution in [2.75, 3.05) is 11.9 Å². The van der Waals surface area contributed by atoms with Crippen molar-refractivity contribution in [3.8, 4) is 11.3 Å². The van der Waals surface area contributed by atoms with E-state index in [2.05, 4.69) is 16.1 Å². The molecule has 1 atom stereocenters. The van der Waals surface area contributed by atoms with E-state index in [0.717, 1.165) is 42.8 Å². The summed E-state index contributed by atoms with van der Waals surface area (Å²) in [6.07, 6.45) is 8.10. The Morgan fingerprint density at radius 3 is 2.70 bits per heavy atom. The van der Waals surface area contributed by atoms with E-state index >= 15 is 0 Å². The van der Waals surface area contributed by atoms with Gasteiger partial charge in [0.2, 0.25) is 11.8 Å². The highest BCUT2D eigenvalue weighted by atomic mass is 16.2. The molecule has 3 heterocycles. The maximum atomic E-state index is 12.5. The highest BCUT2D eigenvalue weighted by Crippen LogP contribution is 2.33. The molecule has 1 aromatic heterocycles. The number of nitrogens with one attached hydrogen (secondary N) is 1. The van der Waals surface area contributed by atoms with E-state index in [1.165, 1.54) is 18.7 Å². The van der Waals surface area contributed by atoms with E-state index in [9.17, 15) is 9.59 Å². The van der Waals surface area contributed by atoms with Crippen molar-refractivity contribution < 1.29 is 9.59 Å². The molecule has 2 amide bonds. The molecule has 6 heteroatoms. The molecule has 0 bridgehead atoms. The first kappa shape index (κ1) is 16.5. The molecule has 140 valence electrons. The maximum absolute atomic E-state index is 12.5. The molecule has 2 aromatic rings. The quantitative estimate of drug-likeness (QED) is 0.907. The van der Waals surface area contributed by atoms with Crippen LogP contribution in [0.25, 0.3) is 11.3 Å². The minimum Gasteiger partial charge on any atom is -0.339 e. The Kier molecular flexibility index (Phi) is 3.99. The van der Waals surface area contributed by atoms with E-state index in [0.29, 0.717) is 19.0 Å². The number of carbonyl (C=O) groups is 2. The summed E-state index contributed by atoms with van der Waals surface area (Å²) in [6.45, 7) is 1.61. The standard InChI is InChI=1S/C21H24N4O2/c26-20-11-15(12-25(20)17-8-9-17)21(27)22-16-6-4-14(5-7-16)18-13-24-10-2-1-3-19(24)23-18/h4-7,13,15,17H,1-3,8-12H2,(H,22,27)/t15-/m0/s1. The van der Waals surface area contributed by atoms with Gasteiger partial charge in [-0.3, -0.25) is 9.59 Å². The van der Waals surface area contributed by atoms with Crippen molar-refractivity contribution in [3.63, 3.8) is 0 Å². The second kappa shape index (κ2) is 6.51. The van der Waals surface area contributed by atoms with Crippen molar-refractivity contribution in [2.45, 2.75) is 51.1 Å². The van der Waals surface area contributed by atoms with Gasteiger partial charge in [0.05, 0.1) is 11.6 Å². The van der Waals surface area contributed by atoms with Gasteiger partial charge in [0.25, 0.3) is 0 Å². The van der Waals surface area contributed by atoms with Gasteiger partial charge >= 0.3 is 0 Å². The third-order valence-electron chi connectivity index (χ3n) is 5.87. The fourth-order valence-electron chi connectivity index (χ4n) is 4.17. The topological polar surface area (TPSA) is 67.2 Å². The Morgan fingerprint density at radius 1 is 1.15 bits per heavy atom. The molecule has 5 rings (SSSR count). The molecule has 3 aliphatic rings. The number of amides is 2. The molecule has 6 nitrogen and oxygen atoms in total. The van der Waals surface area contributed by atoms with Crippen molar-refractivity contribution in [1.82, 2.24) is 14.5 Å². The zero-order valence-corrected chi connectivity index (χ0v) is 15.4. The fraction of sp³-hybridized carbons (Fsp3) is 0.476. The molecular formula is C21H24N4O2. The normalized spacial score (nSPS) is 22.0. The molecule has 0 radical (unpaired) electrons. The molecule has 2 aliphatic heterocycles. The zero-order chi connectivity index (χ0) is 18.4. The summed E-state index contributed by atoms with van der Waals surface area (Å²) in [5.41, 5.74) is 2.82. The van der Waals surface area contributed by atoms with E-state index in [1.807, 2.05) is 29.2 Å². The highest BCUT2D eigenvalue weighted by Gasteiger charge is 2.41. The van der Waals surface area contributed by atoms with Crippen LogP contribution in [0.2, 0.25) is 0 Å². The Hall–Kier alpha value is -2.63. The zero-order valence-electron chi connectivity index (χ0n) is 15.4. The number of benzene rings is 1. The van der Waals surface area contributed by atoms with Gasteiger partial charge in [-0.15, -0.1) is 0 Å². The predicted molar refractivity (Wildman–Crippen MR) is 102 cm³/mol. The molecule has 1 saturated heterocycles. The van der Waals surface area contributed by atoms with Crippen LogP contribution < -0.4 is 5.32 Å². The van der Waals surface area contributed by atoms with Crippen molar-refractivity contribution in [3.05, 3.63) is 36.3 Å². The molecule has 1 saturated carbocycles. The van der Waals surface area contributed by atoms with Crippen LogP contribution in [0.1, 0.15) is 37.9 Å². The van der Waals surface area contributed by atoms with E-state index in [-0.39, 0.29) is 17.7 Å². The van der Waals surface area contributed by atoms with Crippen LogP contribution in [0.5, 0.6) is 0 Å². The number of aryl methyl sites for hydroxylation is 2. The van der Waals surface area contributed by atoms with Crippen LogP contribution in [0.15, 0.2) is 30.5 Å². The summed E-state index contributed by atoms with van der Waals surface area (Å²) in [4.78, 5) is 31.2. The van der Waals surface area contributed by atoms with Gasteiger partial charge in [0.15, 0.2) is 0 Å². The van der Waals surface area contributed by atoms with Crippen molar-refractivity contribution in [2.24, 2.45) is 5.92 Å². The number of hydrogen-bond acceptors (Lipinski definition) is 3. The predicted octanol–water partition coefficient (Wildman–Crippen LogP) is 2.84. The van der Waals surface area contributed by atoms with Crippen LogP contribution in [0.3, 0.4) is 0 Å². The average Bonchev–Trinajstić information content (AvgIpc) is 3.30. The smallest absolute Gasteiger partial charge is 0.229 e. The average molecular weight is 364 g/mol. The molecule has 1 aliphatic carbocycles. The number of carbonyl (C=O) groups excluding carboxylic acids is 2. The number of anilines is 1. The summed E-state index contributed by atoms with van der Waals surface area (Å²) >= 11 is 0. The van der Waals surface area contributed by atoms with Crippen LogP contribution in [0.4, 0.5) is 5.69 Å². The first-order chi connectivity index (χ1) is 13.2. The number of aromatic nitrogens is 2. The minimum atomic E-state index is -0.238. The number of imidazole rings is 1. The van der Waals surface area contributed by atoms with Gasteiger partial charge in [-0.05, 0) is 37.8 Å². The lowest BCUT2D eigenvalue weighted by molar-refractivity contribution is -0.128. The number of rotatable bonds is 4. The minimum absolute atomic E-state index is 0.0586. The SMILES string of the molecule is O=C(Nc1ccc(-c2cn3c(n2)CCCC3)cc1)[C@H]1CC(=O)N(C2CC2)C1. The second-order valence-corrected chi connectivity index (χ2v) is 7.94. The molecular weight excluding hydrogens is 340 g/mol.